The number of amides is 1. The summed E-state index contributed by atoms with van der Waals surface area (Å²) in [6.45, 7) is 3.36. The number of nitrogens with zero attached hydrogens (tertiary/aromatic N) is 1. The van der Waals surface area contributed by atoms with Crippen LogP contribution in [0, 0.1) is 0 Å². The summed E-state index contributed by atoms with van der Waals surface area (Å²) < 4.78 is 32.0. The van der Waals surface area contributed by atoms with Gasteiger partial charge in [0.05, 0.1) is 4.90 Å². The molecule has 0 spiro atoms. The molecule has 1 N–H and O–H groups in total. The summed E-state index contributed by atoms with van der Waals surface area (Å²) in [6.07, 6.45) is 1.63. The van der Waals surface area contributed by atoms with E-state index in [2.05, 4.69) is 4.72 Å². The van der Waals surface area contributed by atoms with E-state index in [0.29, 0.717) is 39.0 Å². The van der Waals surface area contributed by atoms with Crippen LogP contribution < -0.4 is 9.62 Å². The molecular weight excluding hydrogens is 304 g/mol. The molecule has 1 aliphatic rings. The van der Waals surface area contributed by atoms with Crippen LogP contribution in [-0.4, -0.2) is 41.1 Å². The lowest BCUT2D eigenvalue weighted by molar-refractivity contribution is -0.118. The van der Waals surface area contributed by atoms with E-state index in [1.54, 1.807) is 30.2 Å². The fourth-order valence-electron chi connectivity index (χ4n) is 2.56. The Bertz CT molecular complexity index is 643. The third-order valence-corrected chi connectivity index (χ3v) is 5.15. The maximum Gasteiger partial charge on any atom is 0.240 e. The lowest BCUT2D eigenvalue weighted by atomic mass is 10.0. The van der Waals surface area contributed by atoms with Gasteiger partial charge in [0.25, 0.3) is 0 Å². The minimum Gasteiger partial charge on any atom is -0.385 e. The molecule has 0 atom stereocenters. The van der Waals surface area contributed by atoms with Gasteiger partial charge in [-0.15, -0.1) is 0 Å². The molecule has 0 aliphatic carbocycles. The lowest BCUT2D eigenvalue weighted by Gasteiger charge is -2.28. The number of ether oxygens (including phenoxy) is 1. The Morgan fingerprint density at radius 2 is 2.09 bits per heavy atom. The molecule has 0 radical (unpaired) electrons. The van der Waals surface area contributed by atoms with E-state index in [-0.39, 0.29) is 10.8 Å². The smallest absolute Gasteiger partial charge is 0.240 e. The van der Waals surface area contributed by atoms with Crippen molar-refractivity contribution in [3.8, 4) is 0 Å². The predicted octanol–water partition coefficient (Wildman–Crippen LogP) is 1.30. The third kappa shape index (κ3) is 3.66. The number of rotatable bonds is 7. The maximum absolute atomic E-state index is 12.3. The highest BCUT2D eigenvalue weighted by Gasteiger charge is 2.24. The van der Waals surface area contributed by atoms with Crippen LogP contribution in [0.2, 0.25) is 0 Å². The van der Waals surface area contributed by atoms with Crippen LogP contribution in [0.4, 0.5) is 5.69 Å². The van der Waals surface area contributed by atoms with Gasteiger partial charge in [0.2, 0.25) is 15.9 Å². The van der Waals surface area contributed by atoms with Crippen LogP contribution in [0.3, 0.4) is 0 Å². The first-order valence-corrected chi connectivity index (χ1v) is 8.90. The molecule has 6 nitrogen and oxygen atoms in total. The molecule has 0 bridgehead atoms. The third-order valence-electron chi connectivity index (χ3n) is 3.69. The van der Waals surface area contributed by atoms with Crippen molar-refractivity contribution in [3.05, 3.63) is 23.8 Å². The first kappa shape index (κ1) is 16.9. The summed E-state index contributed by atoms with van der Waals surface area (Å²) in [6, 6.07) is 4.95. The second-order valence-electron chi connectivity index (χ2n) is 5.17. The Morgan fingerprint density at radius 3 is 2.77 bits per heavy atom. The standard InChI is InChI=1S/C15H22N2O4S/c1-3-17-14-7-6-13(11-12(14)5-8-15(17)18)22(19,20)16-9-4-10-21-2/h6-7,11,16H,3-5,8-10H2,1-2H3. The monoisotopic (exact) mass is 326 g/mol. The lowest BCUT2D eigenvalue weighted by Crippen LogP contribution is -2.35. The van der Waals surface area contributed by atoms with Crippen molar-refractivity contribution >= 4 is 21.6 Å². The molecule has 1 heterocycles. The second kappa shape index (κ2) is 7.21. The fraction of sp³-hybridized carbons (Fsp3) is 0.533. The number of sulfonamides is 1. The van der Waals surface area contributed by atoms with Gasteiger partial charge in [0.15, 0.2) is 0 Å². The number of fused-ring (bicyclic) bond motifs is 1. The van der Waals surface area contributed by atoms with E-state index in [1.807, 2.05) is 6.92 Å². The van der Waals surface area contributed by atoms with Crippen molar-refractivity contribution in [2.45, 2.75) is 31.1 Å². The molecule has 22 heavy (non-hydrogen) atoms. The van der Waals surface area contributed by atoms with Crippen molar-refractivity contribution in [1.29, 1.82) is 0 Å². The second-order valence-corrected chi connectivity index (χ2v) is 6.94. The average molecular weight is 326 g/mol. The molecule has 122 valence electrons. The van der Waals surface area contributed by atoms with Crippen molar-refractivity contribution in [2.24, 2.45) is 0 Å². The summed E-state index contributed by atoms with van der Waals surface area (Å²) in [5.41, 5.74) is 1.72. The molecule has 1 aromatic carbocycles. The van der Waals surface area contributed by atoms with E-state index in [1.165, 1.54) is 0 Å². The maximum atomic E-state index is 12.3. The number of nitrogens with one attached hydrogen (secondary N) is 1. The van der Waals surface area contributed by atoms with Crippen molar-refractivity contribution in [3.63, 3.8) is 0 Å². The van der Waals surface area contributed by atoms with Crippen LogP contribution in [0.15, 0.2) is 23.1 Å². The fourth-order valence-corrected chi connectivity index (χ4v) is 3.68. The summed E-state index contributed by atoms with van der Waals surface area (Å²) in [7, 11) is -1.94. The summed E-state index contributed by atoms with van der Waals surface area (Å²) in [5.74, 6) is 0.0864. The Morgan fingerprint density at radius 1 is 1.32 bits per heavy atom. The number of hydrogen-bond acceptors (Lipinski definition) is 4. The Hall–Kier alpha value is -1.44. The number of carbonyl (C=O) groups excluding carboxylic acids is 1. The SMILES string of the molecule is CCN1C(=O)CCc2cc(S(=O)(=O)NCCCOC)ccc21. The Kier molecular flexibility index (Phi) is 5.55. The van der Waals surface area contributed by atoms with E-state index >= 15 is 0 Å². The first-order valence-electron chi connectivity index (χ1n) is 7.41. The molecular formula is C15H22N2O4S. The number of hydrogen-bond donors (Lipinski definition) is 1. The summed E-state index contributed by atoms with van der Waals surface area (Å²) in [4.78, 5) is 13.8. The number of benzene rings is 1. The van der Waals surface area contributed by atoms with Gasteiger partial charge in [-0.05, 0) is 43.5 Å². The minimum absolute atomic E-state index is 0.0864. The molecule has 1 amide bonds. The van der Waals surface area contributed by atoms with Gasteiger partial charge in [-0.2, -0.15) is 0 Å². The molecule has 1 aromatic rings. The van der Waals surface area contributed by atoms with Crippen molar-refractivity contribution < 1.29 is 17.9 Å². The Labute approximate surface area is 131 Å². The van der Waals surface area contributed by atoms with Crippen LogP contribution in [0.25, 0.3) is 0 Å². The zero-order valence-corrected chi connectivity index (χ0v) is 13.8. The van der Waals surface area contributed by atoms with E-state index in [4.69, 9.17) is 4.74 Å². The van der Waals surface area contributed by atoms with E-state index < -0.39 is 10.0 Å². The zero-order valence-electron chi connectivity index (χ0n) is 13.0. The normalized spacial score (nSPS) is 15.0. The molecule has 0 fully saturated rings. The molecule has 0 aromatic heterocycles. The van der Waals surface area contributed by atoms with Crippen LogP contribution in [-0.2, 0) is 26.0 Å². The highest BCUT2D eigenvalue weighted by molar-refractivity contribution is 7.89. The van der Waals surface area contributed by atoms with E-state index in [9.17, 15) is 13.2 Å². The van der Waals surface area contributed by atoms with Gasteiger partial charge >= 0.3 is 0 Å². The quantitative estimate of drug-likeness (QED) is 0.766. The van der Waals surface area contributed by atoms with Crippen molar-refractivity contribution in [2.75, 3.05) is 31.7 Å². The number of carbonyl (C=O) groups is 1. The van der Waals surface area contributed by atoms with Gasteiger partial charge in [-0.3, -0.25) is 4.79 Å². The number of aryl methyl sites for hydroxylation is 1. The summed E-state index contributed by atoms with van der Waals surface area (Å²) >= 11 is 0. The van der Waals surface area contributed by atoms with Crippen LogP contribution in [0.5, 0.6) is 0 Å². The minimum atomic E-state index is -3.52. The van der Waals surface area contributed by atoms with Gasteiger partial charge < -0.3 is 9.64 Å². The predicted molar refractivity (Wildman–Crippen MR) is 84.5 cm³/mol. The number of anilines is 1. The van der Waals surface area contributed by atoms with Gasteiger partial charge in [-0.25, -0.2) is 13.1 Å². The van der Waals surface area contributed by atoms with Crippen molar-refractivity contribution in [1.82, 2.24) is 4.72 Å². The van der Waals surface area contributed by atoms with Crippen LogP contribution in [0.1, 0.15) is 25.3 Å². The topological polar surface area (TPSA) is 75.7 Å². The average Bonchev–Trinajstić information content (AvgIpc) is 2.51. The van der Waals surface area contributed by atoms with Gasteiger partial charge in [0, 0.05) is 38.9 Å². The zero-order chi connectivity index (χ0) is 16.2. The molecule has 0 saturated carbocycles. The molecule has 2 rings (SSSR count). The molecule has 7 heteroatoms. The molecule has 0 unspecified atom stereocenters. The van der Waals surface area contributed by atoms with Gasteiger partial charge in [0.1, 0.15) is 0 Å². The Balaban J connectivity index is 2.19. The highest BCUT2D eigenvalue weighted by Crippen LogP contribution is 2.29. The van der Waals surface area contributed by atoms with Crippen LogP contribution >= 0.6 is 0 Å². The molecule has 1 aliphatic heterocycles. The van der Waals surface area contributed by atoms with Gasteiger partial charge in [-0.1, -0.05) is 0 Å². The summed E-state index contributed by atoms with van der Waals surface area (Å²) in [5, 5.41) is 0. The molecule has 0 saturated heterocycles. The first-order chi connectivity index (χ1) is 10.5. The number of methoxy groups -OCH3 is 1. The van der Waals surface area contributed by atoms with E-state index in [0.717, 1.165) is 11.3 Å². The largest absolute Gasteiger partial charge is 0.385 e. The highest BCUT2D eigenvalue weighted by atomic mass is 32.2.